The van der Waals surface area contributed by atoms with E-state index in [4.69, 9.17) is 9.72 Å². The fourth-order valence-corrected chi connectivity index (χ4v) is 3.22. The second kappa shape index (κ2) is 7.19. The minimum Gasteiger partial charge on any atom is -0.383 e. The first-order chi connectivity index (χ1) is 12.0. The van der Waals surface area contributed by atoms with Crippen molar-refractivity contribution in [3.8, 4) is 0 Å². The molecule has 1 aromatic carbocycles. The zero-order valence-electron chi connectivity index (χ0n) is 15.2. The monoisotopic (exact) mass is 340 g/mol. The number of benzene rings is 1. The molecule has 0 aliphatic heterocycles. The minimum atomic E-state index is 0.0108. The quantitative estimate of drug-likeness (QED) is 0.749. The zero-order valence-corrected chi connectivity index (χ0v) is 15.2. The molecule has 2 heterocycles. The average Bonchev–Trinajstić information content (AvgIpc) is 2.94. The Kier molecular flexibility index (Phi) is 4.99. The van der Waals surface area contributed by atoms with Crippen LogP contribution in [0.1, 0.15) is 30.3 Å². The number of hydrogen-bond acceptors (Lipinski definition) is 4. The van der Waals surface area contributed by atoms with Gasteiger partial charge in [0.05, 0.1) is 12.1 Å². The highest BCUT2D eigenvalue weighted by molar-refractivity contribution is 5.92. The van der Waals surface area contributed by atoms with Gasteiger partial charge >= 0.3 is 0 Å². The fourth-order valence-electron chi connectivity index (χ4n) is 3.22. The summed E-state index contributed by atoms with van der Waals surface area (Å²) in [5.74, 6) is 0.0223. The van der Waals surface area contributed by atoms with Crippen molar-refractivity contribution < 1.29 is 9.53 Å². The van der Waals surface area contributed by atoms with Crippen LogP contribution in [-0.2, 0) is 16.0 Å². The molecule has 1 atom stereocenters. The van der Waals surface area contributed by atoms with Crippen molar-refractivity contribution in [1.29, 1.82) is 0 Å². The molecule has 0 aliphatic rings. The van der Waals surface area contributed by atoms with Crippen molar-refractivity contribution in [2.24, 2.45) is 0 Å². The van der Waals surface area contributed by atoms with Gasteiger partial charge in [-0.3, -0.25) is 4.79 Å². The number of ether oxygens (including phenoxy) is 1. The van der Waals surface area contributed by atoms with Gasteiger partial charge in [0, 0.05) is 36.3 Å². The van der Waals surface area contributed by atoms with Crippen LogP contribution in [0.5, 0.6) is 0 Å². The second-order valence-electron chi connectivity index (χ2n) is 6.44. The van der Waals surface area contributed by atoms with Gasteiger partial charge in [-0.25, -0.2) is 9.50 Å². The molecule has 0 aliphatic carbocycles. The normalized spacial score (nSPS) is 12.6. The third-order valence-electron chi connectivity index (χ3n) is 4.44. The van der Waals surface area contributed by atoms with Crippen LogP contribution in [0.2, 0.25) is 0 Å². The molecule has 6 nitrogen and oxygen atoms in total. The van der Waals surface area contributed by atoms with Crippen LogP contribution in [0.15, 0.2) is 24.3 Å². The van der Waals surface area contributed by atoms with Crippen molar-refractivity contribution in [1.82, 2.24) is 19.9 Å². The maximum absolute atomic E-state index is 12.1. The number of aromatic nitrogens is 3. The van der Waals surface area contributed by atoms with E-state index in [0.29, 0.717) is 19.4 Å². The lowest BCUT2D eigenvalue weighted by atomic mass is 10.1. The molecule has 2 aromatic heterocycles. The maximum Gasteiger partial charge on any atom is 0.220 e. The Bertz CT molecular complexity index is 917. The van der Waals surface area contributed by atoms with Gasteiger partial charge in [0.15, 0.2) is 5.65 Å². The van der Waals surface area contributed by atoms with Gasteiger partial charge in [-0.1, -0.05) is 12.1 Å². The van der Waals surface area contributed by atoms with E-state index in [0.717, 1.165) is 33.5 Å². The summed E-state index contributed by atoms with van der Waals surface area (Å²) in [4.78, 5) is 16.9. The van der Waals surface area contributed by atoms with Crippen molar-refractivity contribution in [3.63, 3.8) is 0 Å². The van der Waals surface area contributed by atoms with Crippen LogP contribution in [0.25, 0.3) is 16.6 Å². The topological polar surface area (TPSA) is 68.5 Å². The van der Waals surface area contributed by atoms with Gasteiger partial charge in [-0.05, 0) is 44.9 Å². The first-order valence-corrected chi connectivity index (χ1v) is 8.53. The molecule has 3 rings (SSSR count). The molecule has 132 valence electrons. The molecule has 0 radical (unpaired) electrons. The Morgan fingerprint density at radius 2 is 2.08 bits per heavy atom. The number of fused-ring (bicyclic) bond motifs is 3. The Morgan fingerprint density at radius 3 is 2.84 bits per heavy atom. The Labute approximate surface area is 147 Å². The van der Waals surface area contributed by atoms with E-state index in [9.17, 15) is 4.79 Å². The molecule has 0 bridgehead atoms. The summed E-state index contributed by atoms with van der Waals surface area (Å²) in [5.41, 5.74) is 4.87. The number of amides is 1. The molecule has 1 N–H and O–H groups in total. The number of rotatable bonds is 6. The van der Waals surface area contributed by atoms with Crippen molar-refractivity contribution in [3.05, 3.63) is 41.2 Å². The molecule has 0 fully saturated rings. The highest BCUT2D eigenvalue weighted by atomic mass is 16.5. The number of methoxy groups -OCH3 is 1. The van der Waals surface area contributed by atoms with E-state index in [1.807, 2.05) is 49.6 Å². The Balaban J connectivity index is 1.84. The third kappa shape index (κ3) is 3.49. The van der Waals surface area contributed by atoms with Crippen LogP contribution < -0.4 is 5.32 Å². The predicted octanol–water partition coefficient (Wildman–Crippen LogP) is 2.58. The summed E-state index contributed by atoms with van der Waals surface area (Å²) in [5, 5.41) is 8.64. The molecule has 1 amide bonds. The molecule has 0 saturated heterocycles. The lowest BCUT2D eigenvalue weighted by Gasteiger charge is -2.14. The largest absolute Gasteiger partial charge is 0.383 e. The number of aryl methyl sites for hydroxylation is 2. The highest BCUT2D eigenvalue weighted by Gasteiger charge is 2.15. The first kappa shape index (κ1) is 17.4. The van der Waals surface area contributed by atoms with Gasteiger partial charge in [-0.15, -0.1) is 0 Å². The Morgan fingerprint density at radius 1 is 1.32 bits per heavy atom. The van der Waals surface area contributed by atoms with Gasteiger partial charge in [0.25, 0.3) is 0 Å². The van der Waals surface area contributed by atoms with Crippen molar-refractivity contribution in [2.75, 3.05) is 13.7 Å². The summed E-state index contributed by atoms with van der Waals surface area (Å²) in [6, 6.07) is 8.01. The summed E-state index contributed by atoms with van der Waals surface area (Å²) in [6.45, 7) is 6.47. The lowest BCUT2D eigenvalue weighted by Crippen LogP contribution is -2.35. The maximum atomic E-state index is 12.1. The van der Waals surface area contributed by atoms with Crippen LogP contribution in [-0.4, -0.2) is 40.3 Å². The number of carbonyl (C=O) groups excluding carboxylic acids is 1. The third-order valence-corrected chi connectivity index (χ3v) is 4.44. The van der Waals surface area contributed by atoms with Crippen molar-refractivity contribution in [2.45, 2.75) is 39.7 Å². The Hall–Kier alpha value is -2.47. The molecular formula is C19H24N4O2. The smallest absolute Gasteiger partial charge is 0.220 e. The van der Waals surface area contributed by atoms with E-state index >= 15 is 0 Å². The van der Waals surface area contributed by atoms with Gasteiger partial charge < -0.3 is 10.1 Å². The van der Waals surface area contributed by atoms with E-state index in [-0.39, 0.29) is 11.9 Å². The minimum absolute atomic E-state index is 0.0108. The number of nitrogens with zero attached hydrogens (tertiary/aromatic N) is 3. The fraction of sp³-hybridized carbons (Fsp3) is 0.421. The summed E-state index contributed by atoms with van der Waals surface area (Å²) in [7, 11) is 1.63. The van der Waals surface area contributed by atoms with Gasteiger partial charge in [0.2, 0.25) is 5.91 Å². The molecule has 0 saturated carbocycles. The van der Waals surface area contributed by atoms with E-state index < -0.39 is 0 Å². The molecule has 6 heteroatoms. The van der Waals surface area contributed by atoms with E-state index in [2.05, 4.69) is 10.4 Å². The SMILES string of the molecule is COC[C@H](C)NC(=O)CCc1c(C)nc2c3ccccc3nn2c1C. The van der Waals surface area contributed by atoms with Gasteiger partial charge in [-0.2, -0.15) is 5.10 Å². The summed E-state index contributed by atoms with van der Waals surface area (Å²) in [6.07, 6.45) is 1.06. The standard InChI is InChI=1S/C19H24N4O2/c1-12(11-25-4)20-18(24)10-9-15-13(2)21-19-16-7-5-6-8-17(16)22-23(19)14(15)3/h5-8,12H,9-11H2,1-4H3,(H,20,24)/t12-/m0/s1. The van der Waals surface area contributed by atoms with Crippen LogP contribution in [0.4, 0.5) is 0 Å². The number of carbonyl (C=O) groups is 1. The predicted molar refractivity (Wildman–Crippen MR) is 97.8 cm³/mol. The zero-order chi connectivity index (χ0) is 18.0. The lowest BCUT2D eigenvalue weighted by molar-refractivity contribution is -0.122. The van der Waals surface area contributed by atoms with Crippen LogP contribution >= 0.6 is 0 Å². The van der Waals surface area contributed by atoms with Crippen LogP contribution in [0.3, 0.4) is 0 Å². The van der Waals surface area contributed by atoms with E-state index in [1.54, 1.807) is 7.11 Å². The molecule has 25 heavy (non-hydrogen) atoms. The van der Waals surface area contributed by atoms with Gasteiger partial charge in [0.1, 0.15) is 0 Å². The number of nitrogens with one attached hydrogen (secondary N) is 1. The molecular weight excluding hydrogens is 316 g/mol. The summed E-state index contributed by atoms with van der Waals surface area (Å²) < 4.78 is 6.93. The molecule has 0 spiro atoms. The average molecular weight is 340 g/mol. The highest BCUT2D eigenvalue weighted by Crippen LogP contribution is 2.22. The van der Waals surface area contributed by atoms with Crippen molar-refractivity contribution >= 4 is 22.5 Å². The molecule has 3 aromatic rings. The van der Waals surface area contributed by atoms with Crippen LogP contribution in [0, 0.1) is 13.8 Å². The molecule has 0 unspecified atom stereocenters. The number of hydrogen-bond donors (Lipinski definition) is 1. The van der Waals surface area contributed by atoms with E-state index in [1.165, 1.54) is 0 Å². The summed E-state index contributed by atoms with van der Waals surface area (Å²) >= 11 is 0. The first-order valence-electron chi connectivity index (χ1n) is 8.53. The second-order valence-corrected chi connectivity index (χ2v) is 6.44.